The fourth-order valence-corrected chi connectivity index (χ4v) is 1.48. The van der Waals surface area contributed by atoms with E-state index >= 15 is 0 Å². The number of phenols is 2. The molecule has 4 N–H and O–H groups in total. The number of hydrogen-bond acceptors (Lipinski definition) is 7. The van der Waals surface area contributed by atoms with Gasteiger partial charge in [-0.2, -0.15) is 0 Å². The summed E-state index contributed by atoms with van der Waals surface area (Å²) in [6.45, 7) is 1.62. The van der Waals surface area contributed by atoms with E-state index in [1.165, 1.54) is 24.3 Å². The molecule has 22 heavy (non-hydrogen) atoms. The van der Waals surface area contributed by atoms with Crippen LogP contribution in [0, 0.1) is 27.2 Å². The van der Waals surface area contributed by atoms with Crippen LogP contribution in [-0.4, -0.2) is 20.1 Å². The molecule has 2 aromatic carbocycles. The number of nitrogens with two attached hydrogens (primary N) is 1. The largest absolute Gasteiger partial charge is 0.508 e. The number of nitrogen functional groups attached to an aromatic ring is 1. The lowest BCUT2D eigenvalue weighted by atomic mass is 10.2. The van der Waals surface area contributed by atoms with Crippen molar-refractivity contribution in [3.05, 3.63) is 62.2 Å². The second-order valence-corrected chi connectivity index (χ2v) is 4.23. The second-order valence-electron chi connectivity index (χ2n) is 4.23. The molecule has 0 spiro atoms. The zero-order valence-electron chi connectivity index (χ0n) is 11.5. The van der Waals surface area contributed by atoms with Gasteiger partial charge in [0.05, 0.1) is 22.0 Å². The van der Waals surface area contributed by atoms with Crippen molar-refractivity contribution >= 4 is 17.1 Å². The van der Waals surface area contributed by atoms with E-state index in [0.29, 0.717) is 5.56 Å². The molecule has 0 saturated heterocycles. The van der Waals surface area contributed by atoms with Crippen molar-refractivity contribution in [3.63, 3.8) is 0 Å². The van der Waals surface area contributed by atoms with Crippen molar-refractivity contribution in [2.75, 3.05) is 5.73 Å². The Morgan fingerprint density at radius 3 is 1.77 bits per heavy atom. The third kappa shape index (κ3) is 4.34. The van der Waals surface area contributed by atoms with Crippen molar-refractivity contribution in [3.8, 4) is 11.5 Å². The zero-order valence-corrected chi connectivity index (χ0v) is 11.5. The first-order valence-corrected chi connectivity index (χ1v) is 5.89. The molecule has 2 rings (SSSR count). The van der Waals surface area contributed by atoms with E-state index in [1.807, 2.05) is 0 Å². The van der Waals surface area contributed by atoms with Crippen LogP contribution in [0.25, 0.3) is 0 Å². The number of benzene rings is 2. The molecule has 0 amide bonds. The first-order valence-electron chi connectivity index (χ1n) is 5.89. The van der Waals surface area contributed by atoms with Crippen molar-refractivity contribution < 1.29 is 20.1 Å². The highest BCUT2D eigenvalue weighted by molar-refractivity contribution is 5.60. The number of nitro groups is 2. The van der Waals surface area contributed by atoms with Gasteiger partial charge < -0.3 is 15.9 Å². The lowest BCUT2D eigenvalue weighted by molar-refractivity contribution is -0.385. The minimum atomic E-state index is -0.644. The molecule has 9 nitrogen and oxygen atoms in total. The number of phenolic OH excluding ortho intramolecular Hbond substituents is 2. The summed E-state index contributed by atoms with van der Waals surface area (Å²) in [7, 11) is 0. The summed E-state index contributed by atoms with van der Waals surface area (Å²) in [5, 5.41) is 38.2. The number of anilines is 1. The van der Waals surface area contributed by atoms with Crippen LogP contribution in [0.3, 0.4) is 0 Å². The highest BCUT2D eigenvalue weighted by Crippen LogP contribution is 2.25. The van der Waals surface area contributed by atoms with Crippen LogP contribution in [0.1, 0.15) is 5.56 Å². The third-order valence-corrected chi connectivity index (χ3v) is 2.60. The zero-order chi connectivity index (χ0) is 16.9. The Bertz CT molecular complexity index is 655. The van der Waals surface area contributed by atoms with Gasteiger partial charge in [0.25, 0.3) is 11.4 Å². The van der Waals surface area contributed by atoms with Gasteiger partial charge in [0.1, 0.15) is 17.2 Å². The highest BCUT2D eigenvalue weighted by atomic mass is 16.6. The standard InChI is InChI=1S/C7H7NO3.C6H6N2O3/c1-5-2-3-6(9)4-7(5)8(10)11;7-5-2-1-4(9)3-6(5)8(10)11/h2-4,9H,1H3;1-3,9H,7H2. The molecule has 0 aromatic heterocycles. The molecule has 0 fully saturated rings. The number of nitrogens with zero attached hydrogens (tertiary/aromatic N) is 2. The normalized spacial score (nSPS) is 9.50. The SMILES string of the molecule is Cc1ccc(O)cc1[N+](=O)[O-].Nc1ccc(O)cc1[N+](=O)[O-]. The molecule has 0 heterocycles. The monoisotopic (exact) mass is 307 g/mol. The smallest absolute Gasteiger partial charge is 0.295 e. The van der Waals surface area contributed by atoms with Gasteiger partial charge in [-0.15, -0.1) is 0 Å². The van der Waals surface area contributed by atoms with Crippen molar-refractivity contribution in [2.24, 2.45) is 0 Å². The number of aryl methyl sites for hydroxylation is 1. The van der Waals surface area contributed by atoms with E-state index in [1.54, 1.807) is 6.92 Å². The summed E-state index contributed by atoms with van der Waals surface area (Å²) < 4.78 is 0. The highest BCUT2D eigenvalue weighted by Gasteiger charge is 2.11. The quantitative estimate of drug-likeness (QED) is 0.333. The van der Waals surface area contributed by atoms with Gasteiger partial charge in [-0.1, -0.05) is 0 Å². The van der Waals surface area contributed by atoms with Gasteiger partial charge in [-0.3, -0.25) is 20.2 Å². The lowest BCUT2D eigenvalue weighted by Gasteiger charge is -1.95. The molecule has 0 aliphatic carbocycles. The van der Waals surface area contributed by atoms with E-state index in [-0.39, 0.29) is 28.6 Å². The van der Waals surface area contributed by atoms with Gasteiger partial charge >= 0.3 is 0 Å². The minimum Gasteiger partial charge on any atom is -0.508 e. The first-order chi connectivity index (χ1) is 10.2. The van der Waals surface area contributed by atoms with Crippen LogP contribution in [0.2, 0.25) is 0 Å². The summed E-state index contributed by atoms with van der Waals surface area (Å²) in [5.41, 5.74) is 5.51. The Hall–Kier alpha value is -3.36. The summed E-state index contributed by atoms with van der Waals surface area (Å²) in [6, 6.07) is 7.65. The topological polar surface area (TPSA) is 153 Å². The van der Waals surface area contributed by atoms with Gasteiger partial charge in [-0.25, -0.2) is 0 Å². The van der Waals surface area contributed by atoms with Crippen LogP contribution in [0.5, 0.6) is 11.5 Å². The van der Waals surface area contributed by atoms with E-state index < -0.39 is 9.85 Å². The Morgan fingerprint density at radius 1 is 0.909 bits per heavy atom. The van der Waals surface area contributed by atoms with Crippen molar-refractivity contribution in [1.82, 2.24) is 0 Å². The van der Waals surface area contributed by atoms with E-state index in [2.05, 4.69) is 0 Å². The summed E-state index contributed by atoms with van der Waals surface area (Å²) >= 11 is 0. The lowest BCUT2D eigenvalue weighted by Crippen LogP contribution is -1.94. The Balaban J connectivity index is 0.000000220. The molecule has 0 radical (unpaired) electrons. The summed E-state index contributed by atoms with van der Waals surface area (Å²) in [6.07, 6.45) is 0. The van der Waals surface area contributed by atoms with Crippen LogP contribution in [-0.2, 0) is 0 Å². The van der Waals surface area contributed by atoms with Gasteiger partial charge in [-0.05, 0) is 31.2 Å². The van der Waals surface area contributed by atoms with Gasteiger partial charge in [0, 0.05) is 5.56 Å². The molecule has 0 saturated carbocycles. The van der Waals surface area contributed by atoms with E-state index in [9.17, 15) is 20.2 Å². The maximum Gasteiger partial charge on any atom is 0.295 e. The molecule has 0 bridgehead atoms. The molecule has 0 unspecified atom stereocenters. The van der Waals surface area contributed by atoms with Crippen molar-refractivity contribution in [1.29, 1.82) is 0 Å². The maximum atomic E-state index is 10.3. The van der Waals surface area contributed by atoms with Crippen LogP contribution >= 0.6 is 0 Å². The molecule has 0 atom stereocenters. The average molecular weight is 307 g/mol. The van der Waals surface area contributed by atoms with Gasteiger partial charge in [0.15, 0.2) is 0 Å². The molecular weight excluding hydrogens is 294 g/mol. The fraction of sp³-hybridized carbons (Fsp3) is 0.0769. The minimum absolute atomic E-state index is 0.0489. The molecule has 2 aromatic rings. The maximum absolute atomic E-state index is 10.3. The average Bonchev–Trinajstić information content (AvgIpc) is 2.44. The number of aromatic hydroxyl groups is 2. The number of nitro benzene ring substituents is 2. The molecular formula is C13H13N3O6. The summed E-state index contributed by atoms with van der Waals surface area (Å²) in [5.74, 6) is -0.242. The van der Waals surface area contributed by atoms with Crippen LogP contribution in [0.4, 0.5) is 17.1 Å². The van der Waals surface area contributed by atoms with Crippen LogP contribution < -0.4 is 5.73 Å². The summed E-state index contributed by atoms with van der Waals surface area (Å²) in [4.78, 5) is 19.3. The fourth-order valence-electron chi connectivity index (χ4n) is 1.48. The molecule has 0 aliphatic heterocycles. The third-order valence-electron chi connectivity index (χ3n) is 2.60. The van der Waals surface area contributed by atoms with Crippen LogP contribution in [0.15, 0.2) is 36.4 Å². The first kappa shape index (κ1) is 16.7. The van der Waals surface area contributed by atoms with Gasteiger partial charge in [0.2, 0.25) is 0 Å². The molecule has 9 heteroatoms. The van der Waals surface area contributed by atoms with Crippen molar-refractivity contribution in [2.45, 2.75) is 6.92 Å². The number of rotatable bonds is 2. The Morgan fingerprint density at radius 2 is 1.36 bits per heavy atom. The predicted octanol–water partition coefficient (Wildman–Crippen LogP) is 2.49. The second kappa shape index (κ2) is 6.88. The molecule has 116 valence electrons. The predicted molar refractivity (Wildman–Crippen MR) is 78.7 cm³/mol. The van der Waals surface area contributed by atoms with E-state index in [4.69, 9.17) is 15.9 Å². The molecule has 0 aliphatic rings. The number of hydrogen-bond donors (Lipinski definition) is 3. The van der Waals surface area contributed by atoms with E-state index in [0.717, 1.165) is 12.1 Å². The Kier molecular flexibility index (Phi) is 5.22. The Labute approximate surface area is 124 Å².